The summed E-state index contributed by atoms with van der Waals surface area (Å²) in [6, 6.07) is 9.48. The third-order valence-corrected chi connectivity index (χ3v) is 3.15. The van der Waals surface area contributed by atoms with Crippen molar-refractivity contribution in [1.82, 2.24) is 9.97 Å². The molecule has 2 aromatic heterocycles. The number of hydrogen-bond donors (Lipinski definition) is 1. The standard InChI is InChI=1S/C12H8N3S/c13-8-3-4-9-10(6-8)15-11(7-14-9)12-2-1-5-16-12/h1-6H,13H2. The van der Waals surface area contributed by atoms with Crippen LogP contribution in [0.5, 0.6) is 0 Å². The molecule has 2 N–H and O–H groups in total. The molecule has 2 heterocycles. The van der Waals surface area contributed by atoms with Crippen molar-refractivity contribution in [2.24, 2.45) is 0 Å². The minimum absolute atomic E-state index is 0.699. The average molecular weight is 226 g/mol. The Morgan fingerprint density at radius 2 is 2.12 bits per heavy atom. The first kappa shape index (κ1) is 9.30. The first-order valence-electron chi connectivity index (χ1n) is 4.82. The second-order valence-electron chi connectivity index (χ2n) is 3.41. The van der Waals surface area contributed by atoms with Gasteiger partial charge in [0.2, 0.25) is 0 Å². The van der Waals surface area contributed by atoms with Gasteiger partial charge in [-0.05, 0) is 29.6 Å². The third kappa shape index (κ3) is 1.53. The van der Waals surface area contributed by atoms with Gasteiger partial charge in [0.15, 0.2) is 0 Å². The third-order valence-electron chi connectivity index (χ3n) is 2.27. The summed E-state index contributed by atoms with van der Waals surface area (Å²) in [7, 11) is 0. The van der Waals surface area contributed by atoms with E-state index in [1.54, 1.807) is 11.3 Å². The number of rotatable bonds is 1. The molecule has 0 saturated carbocycles. The highest BCUT2D eigenvalue weighted by atomic mass is 32.1. The van der Waals surface area contributed by atoms with E-state index < -0.39 is 0 Å². The molecule has 0 atom stereocenters. The first-order chi connectivity index (χ1) is 7.83. The van der Waals surface area contributed by atoms with Crippen LogP contribution in [0.25, 0.3) is 21.6 Å². The Bertz CT molecular complexity index is 632. The fourth-order valence-electron chi connectivity index (χ4n) is 1.51. The molecule has 3 nitrogen and oxygen atoms in total. The van der Waals surface area contributed by atoms with Crippen LogP contribution in [0.3, 0.4) is 0 Å². The van der Waals surface area contributed by atoms with Crippen molar-refractivity contribution in [3.63, 3.8) is 0 Å². The van der Waals surface area contributed by atoms with Gasteiger partial charge in [0.25, 0.3) is 0 Å². The fourth-order valence-corrected chi connectivity index (χ4v) is 2.17. The number of nitrogen functional groups attached to an aromatic ring is 1. The lowest BCUT2D eigenvalue weighted by atomic mass is 10.2. The second-order valence-corrected chi connectivity index (χ2v) is 4.36. The lowest BCUT2D eigenvalue weighted by molar-refractivity contribution is 1.29. The van der Waals surface area contributed by atoms with Gasteiger partial charge in [-0.15, -0.1) is 11.3 Å². The van der Waals surface area contributed by atoms with Gasteiger partial charge in [0.1, 0.15) is 11.9 Å². The molecule has 77 valence electrons. The molecule has 0 aliphatic carbocycles. The molecule has 0 aliphatic rings. The first-order valence-corrected chi connectivity index (χ1v) is 5.70. The van der Waals surface area contributed by atoms with Crippen molar-refractivity contribution in [1.29, 1.82) is 0 Å². The van der Waals surface area contributed by atoms with E-state index >= 15 is 0 Å². The van der Waals surface area contributed by atoms with Crippen molar-refractivity contribution in [3.8, 4) is 10.6 Å². The zero-order valence-electron chi connectivity index (χ0n) is 8.34. The highest BCUT2D eigenvalue weighted by Gasteiger charge is 2.04. The molecular weight excluding hydrogens is 218 g/mol. The van der Waals surface area contributed by atoms with Crippen LogP contribution in [0.4, 0.5) is 5.69 Å². The van der Waals surface area contributed by atoms with E-state index in [2.05, 4.69) is 16.2 Å². The maximum atomic E-state index is 5.72. The van der Waals surface area contributed by atoms with Crippen LogP contribution in [-0.2, 0) is 0 Å². The number of benzene rings is 1. The Labute approximate surface area is 96.6 Å². The van der Waals surface area contributed by atoms with E-state index in [9.17, 15) is 0 Å². The van der Waals surface area contributed by atoms with Crippen molar-refractivity contribution in [3.05, 3.63) is 41.9 Å². The maximum absolute atomic E-state index is 5.72. The number of hydrogen-bond acceptors (Lipinski definition) is 4. The highest BCUT2D eigenvalue weighted by Crippen LogP contribution is 2.23. The van der Waals surface area contributed by atoms with Crippen molar-refractivity contribution in [2.45, 2.75) is 0 Å². The normalized spacial score (nSPS) is 10.8. The van der Waals surface area contributed by atoms with Crippen molar-refractivity contribution >= 4 is 28.1 Å². The number of fused-ring (bicyclic) bond motifs is 1. The summed E-state index contributed by atoms with van der Waals surface area (Å²) in [4.78, 5) is 9.80. The quantitative estimate of drug-likeness (QED) is 0.649. The Balaban J connectivity index is 2.22. The number of anilines is 1. The number of aromatic nitrogens is 2. The Kier molecular flexibility index (Phi) is 2.08. The zero-order chi connectivity index (χ0) is 11.0. The molecule has 3 rings (SSSR count). The van der Waals surface area contributed by atoms with Gasteiger partial charge in [-0.3, -0.25) is 0 Å². The summed E-state index contributed by atoms with van der Waals surface area (Å²) < 4.78 is 0. The molecule has 1 aromatic carbocycles. The summed E-state index contributed by atoms with van der Waals surface area (Å²) in [6.07, 6.45) is 2.94. The predicted molar refractivity (Wildman–Crippen MR) is 66.1 cm³/mol. The lowest BCUT2D eigenvalue weighted by Crippen LogP contribution is -1.90. The van der Waals surface area contributed by atoms with Crippen LogP contribution in [0.2, 0.25) is 0 Å². The molecular formula is C12H8N3S. The molecule has 3 aromatic rings. The van der Waals surface area contributed by atoms with Crippen LogP contribution in [0.1, 0.15) is 0 Å². The lowest BCUT2D eigenvalue weighted by Gasteiger charge is -2.00. The van der Waals surface area contributed by atoms with E-state index in [0.717, 1.165) is 21.6 Å². The minimum atomic E-state index is 0.699. The summed E-state index contributed by atoms with van der Waals surface area (Å²) in [5.74, 6) is 0. The molecule has 16 heavy (non-hydrogen) atoms. The SMILES string of the molecule is Nc1ccc2n[c]c(-c3cccs3)nc2c1. The molecule has 4 heteroatoms. The van der Waals surface area contributed by atoms with Crippen LogP contribution >= 0.6 is 11.3 Å². The van der Waals surface area contributed by atoms with Crippen LogP contribution in [0, 0.1) is 6.20 Å². The van der Waals surface area contributed by atoms with Crippen LogP contribution < -0.4 is 5.73 Å². The van der Waals surface area contributed by atoms with Gasteiger partial charge >= 0.3 is 0 Å². The monoisotopic (exact) mass is 226 g/mol. The Morgan fingerprint density at radius 3 is 2.94 bits per heavy atom. The molecule has 0 saturated heterocycles. The second kappa shape index (κ2) is 3.57. The predicted octanol–water partition coefficient (Wildman–Crippen LogP) is 2.74. The summed E-state index contributed by atoms with van der Waals surface area (Å²) >= 11 is 1.62. The van der Waals surface area contributed by atoms with E-state index in [-0.39, 0.29) is 0 Å². The number of nitrogens with zero attached hydrogens (tertiary/aromatic N) is 2. The Hall–Kier alpha value is -1.94. The van der Waals surface area contributed by atoms with Crippen LogP contribution in [-0.4, -0.2) is 9.97 Å². The molecule has 0 spiro atoms. The van der Waals surface area contributed by atoms with E-state index in [0.29, 0.717) is 5.69 Å². The van der Waals surface area contributed by atoms with Gasteiger partial charge in [0.05, 0.1) is 15.9 Å². The smallest absolute Gasteiger partial charge is 0.119 e. The van der Waals surface area contributed by atoms with Gasteiger partial charge < -0.3 is 5.73 Å². The average Bonchev–Trinajstić information content (AvgIpc) is 2.81. The molecule has 1 radical (unpaired) electrons. The van der Waals surface area contributed by atoms with E-state index in [1.807, 2.05) is 35.7 Å². The number of nitrogens with two attached hydrogens (primary N) is 1. The fraction of sp³-hybridized carbons (Fsp3) is 0. The summed E-state index contributed by atoms with van der Waals surface area (Å²) in [6.45, 7) is 0. The summed E-state index contributed by atoms with van der Waals surface area (Å²) in [5, 5.41) is 2.01. The molecule has 0 aliphatic heterocycles. The summed E-state index contributed by atoms with van der Waals surface area (Å²) in [5.41, 5.74) is 8.81. The number of thiophene rings is 1. The molecule has 0 bridgehead atoms. The highest BCUT2D eigenvalue weighted by molar-refractivity contribution is 7.13. The van der Waals surface area contributed by atoms with Crippen LogP contribution in [0.15, 0.2) is 35.7 Å². The van der Waals surface area contributed by atoms with Gasteiger partial charge in [0, 0.05) is 5.69 Å². The van der Waals surface area contributed by atoms with E-state index in [1.165, 1.54) is 0 Å². The van der Waals surface area contributed by atoms with Crippen molar-refractivity contribution < 1.29 is 0 Å². The van der Waals surface area contributed by atoms with Gasteiger partial charge in [-0.2, -0.15) is 0 Å². The Morgan fingerprint density at radius 1 is 1.19 bits per heavy atom. The van der Waals surface area contributed by atoms with Gasteiger partial charge in [-0.25, -0.2) is 9.97 Å². The molecule has 0 amide bonds. The largest absolute Gasteiger partial charge is 0.399 e. The molecule has 0 unspecified atom stereocenters. The molecule has 0 fully saturated rings. The van der Waals surface area contributed by atoms with Gasteiger partial charge in [-0.1, -0.05) is 6.07 Å². The maximum Gasteiger partial charge on any atom is 0.119 e. The van der Waals surface area contributed by atoms with E-state index in [4.69, 9.17) is 5.73 Å². The zero-order valence-corrected chi connectivity index (χ0v) is 9.16. The topological polar surface area (TPSA) is 51.8 Å². The van der Waals surface area contributed by atoms with Crippen molar-refractivity contribution in [2.75, 3.05) is 5.73 Å². The minimum Gasteiger partial charge on any atom is -0.399 e.